The number of aryl methyl sites for hydroxylation is 1. The monoisotopic (exact) mass is 427 g/mol. The Morgan fingerprint density at radius 3 is 2.35 bits per heavy atom. The van der Waals surface area contributed by atoms with E-state index in [1.807, 2.05) is 65.2 Å². The van der Waals surface area contributed by atoms with E-state index in [0.717, 1.165) is 36.9 Å². The number of hydrogen-bond donors (Lipinski definition) is 0. The lowest BCUT2D eigenvalue weighted by molar-refractivity contribution is -0.141. The Bertz CT molecular complexity index is 788. The van der Waals surface area contributed by atoms with Gasteiger partial charge in [0.2, 0.25) is 11.8 Å². The fourth-order valence-corrected chi connectivity index (χ4v) is 3.53. The molecule has 0 aliphatic carbocycles. The van der Waals surface area contributed by atoms with E-state index in [9.17, 15) is 9.59 Å². The van der Waals surface area contributed by atoms with Crippen LogP contribution in [0.1, 0.15) is 50.3 Å². The summed E-state index contributed by atoms with van der Waals surface area (Å²) in [5.41, 5.74) is 2.13. The fourth-order valence-electron chi connectivity index (χ4n) is 3.53. The van der Waals surface area contributed by atoms with Crippen LogP contribution in [-0.4, -0.2) is 53.0 Å². The first-order valence-electron chi connectivity index (χ1n) is 11.2. The zero-order chi connectivity index (χ0) is 22.5. The first kappa shape index (κ1) is 24.7. The molecular formula is C25H37N3O3. The van der Waals surface area contributed by atoms with Crippen molar-refractivity contribution in [3.8, 4) is 0 Å². The van der Waals surface area contributed by atoms with Gasteiger partial charge in [0.05, 0.1) is 13.1 Å². The molecule has 0 unspecified atom stereocenters. The summed E-state index contributed by atoms with van der Waals surface area (Å²) < 4.78 is 7.17. The minimum atomic E-state index is -0.0358. The van der Waals surface area contributed by atoms with Gasteiger partial charge in [-0.2, -0.15) is 0 Å². The van der Waals surface area contributed by atoms with E-state index in [-0.39, 0.29) is 18.4 Å². The number of methoxy groups -OCH3 is 1. The summed E-state index contributed by atoms with van der Waals surface area (Å²) in [4.78, 5) is 29.7. The Balaban J connectivity index is 2.12. The van der Waals surface area contributed by atoms with Crippen LogP contribution >= 0.6 is 0 Å². The first-order valence-corrected chi connectivity index (χ1v) is 11.2. The molecule has 0 bridgehead atoms. The van der Waals surface area contributed by atoms with Crippen LogP contribution in [-0.2, 0) is 34.5 Å². The van der Waals surface area contributed by atoms with Crippen molar-refractivity contribution < 1.29 is 14.3 Å². The van der Waals surface area contributed by atoms with E-state index in [1.54, 1.807) is 12.0 Å². The van der Waals surface area contributed by atoms with Gasteiger partial charge in [0.1, 0.15) is 0 Å². The minimum absolute atomic E-state index is 0.0358. The molecule has 0 saturated heterocycles. The second-order valence-electron chi connectivity index (χ2n) is 7.96. The van der Waals surface area contributed by atoms with Crippen LogP contribution in [0, 0.1) is 0 Å². The number of hydrogen-bond acceptors (Lipinski definition) is 3. The third kappa shape index (κ3) is 8.58. The molecule has 6 nitrogen and oxygen atoms in total. The molecule has 0 fully saturated rings. The smallest absolute Gasteiger partial charge is 0.242 e. The van der Waals surface area contributed by atoms with E-state index in [4.69, 9.17) is 4.74 Å². The van der Waals surface area contributed by atoms with Crippen molar-refractivity contribution in [1.29, 1.82) is 0 Å². The van der Waals surface area contributed by atoms with Crippen LogP contribution in [0.15, 0.2) is 48.7 Å². The Hall–Kier alpha value is -2.60. The van der Waals surface area contributed by atoms with Gasteiger partial charge in [-0.3, -0.25) is 9.59 Å². The molecule has 2 aromatic rings. The Morgan fingerprint density at radius 2 is 1.71 bits per heavy atom. The topological polar surface area (TPSA) is 54.8 Å². The fraction of sp³-hybridized carbons (Fsp3) is 0.520. The second-order valence-corrected chi connectivity index (χ2v) is 7.96. The average Bonchev–Trinajstić information content (AvgIpc) is 3.17. The minimum Gasteiger partial charge on any atom is -0.385 e. The number of carbonyl (C=O) groups excluding carboxylic acids is 2. The molecule has 2 rings (SSSR count). The Morgan fingerprint density at radius 1 is 0.935 bits per heavy atom. The molecular weight excluding hydrogens is 390 g/mol. The van der Waals surface area contributed by atoms with Crippen LogP contribution in [0.2, 0.25) is 0 Å². The number of benzene rings is 1. The highest BCUT2D eigenvalue weighted by Crippen LogP contribution is 2.12. The summed E-state index contributed by atoms with van der Waals surface area (Å²) in [7, 11) is 3.63. The summed E-state index contributed by atoms with van der Waals surface area (Å²) >= 11 is 0. The van der Waals surface area contributed by atoms with E-state index >= 15 is 0 Å². The van der Waals surface area contributed by atoms with Gasteiger partial charge >= 0.3 is 0 Å². The number of aromatic nitrogens is 1. The number of unbranched alkanes of at least 4 members (excludes halogenated alkanes) is 2. The predicted octanol–water partition coefficient (Wildman–Crippen LogP) is 4.00. The average molecular weight is 428 g/mol. The highest BCUT2D eigenvalue weighted by Gasteiger charge is 2.22. The number of nitrogens with zero attached hydrogens (tertiary/aromatic N) is 3. The summed E-state index contributed by atoms with van der Waals surface area (Å²) in [6.45, 7) is 4.35. The Kier molecular flexibility index (Phi) is 10.9. The number of rotatable bonds is 14. The second kappa shape index (κ2) is 13.7. The van der Waals surface area contributed by atoms with Crippen molar-refractivity contribution in [3.05, 3.63) is 59.9 Å². The molecule has 0 aliphatic rings. The summed E-state index contributed by atoms with van der Waals surface area (Å²) in [5.74, 6) is 0.0164. The first-order chi connectivity index (χ1) is 15.0. The van der Waals surface area contributed by atoms with Crippen molar-refractivity contribution in [2.24, 2.45) is 7.05 Å². The molecule has 1 aromatic heterocycles. The highest BCUT2D eigenvalue weighted by molar-refractivity contribution is 5.84. The molecule has 0 radical (unpaired) electrons. The van der Waals surface area contributed by atoms with Crippen LogP contribution in [0.4, 0.5) is 0 Å². The molecule has 0 spiro atoms. The summed E-state index contributed by atoms with van der Waals surface area (Å²) in [5, 5.41) is 0. The molecule has 6 heteroatoms. The predicted molar refractivity (Wildman–Crippen MR) is 123 cm³/mol. The number of carbonyl (C=O) groups is 2. The highest BCUT2D eigenvalue weighted by atomic mass is 16.5. The van der Waals surface area contributed by atoms with Crippen LogP contribution in [0.25, 0.3) is 0 Å². The molecule has 0 atom stereocenters. The van der Waals surface area contributed by atoms with Crippen molar-refractivity contribution in [1.82, 2.24) is 14.4 Å². The van der Waals surface area contributed by atoms with Crippen molar-refractivity contribution >= 4 is 11.8 Å². The Labute approximate surface area is 186 Å². The lowest BCUT2D eigenvalue weighted by atomic mass is 10.2. The van der Waals surface area contributed by atoms with E-state index in [0.29, 0.717) is 32.7 Å². The normalized spacial score (nSPS) is 10.8. The molecule has 0 saturated carbocycles. The zero-order valence-corrected chi connectivity index (χ0v) is 19.3. The zero-order valence-electron chi connectivity index (χ0n) is 19.3. The molecule has 0 aliphatic heterocycles. The number of amides is 2. The summed E-state index contributed by atoms with van der Waals surface area (Å²) in [6, 6.07) is 14.0. The largest absolute Gasteiger partial charge is 0.385 e. The van der Waals surface area contributed by atoms with Gasteiger partial charge < -0.3 is 19.1 Å². The maximum absolute atomic E-state index is 13.4. The number of ether oxygens (including phenoxy) is 1. The third-order valence-corrected chi connectivity index (χ3v) is 5.42. The standard InChI is InChI=1S/C25H37N3O3/c1-4-5-7-15-24(29)27(17-11-18-31-3)21-25(30)28(19-22-12-8-6-9-13-22)20-23-14-10-16-26(23)2/h6,8-10,12-14,16H,4-5,7,11,15,17-21H2,1-3H3. The molecule has 1 aromatic carbocycles. The van der Waals surface area contributed by atoms with Gasteiger partial charge in [0.15, 0.2) is 0 Å². The van der Waals surface area contributed by atoms with Gasteiger partial charge in [0, 0.05) is 52.2 Å². The lowest BCUT2D eigenvalue weighted by Crippen LogP contribution is -2.43. The molecule has 1 heterocycles. The van der Waals surface area contributed by atoms with E-state index < -0.39 is 0 Å². The van der Waals surface area contributed by atoms with E-state index in [2.05, 4.69) is 6.92 Å². The van der Waals surface area contributed by atoms with Gasteiger partial charge in [-0.1, -0.05) is 50.1 Å². The van der Waals surface area contributed by atoms with Crippen LogP contribution < -0.4 is 0 Å². The lowest BCUT2D eigenvalue weighted by Gasteiger charge is -2.28. The van der Waals surface area contributed by atoms with Crippen molar-refractivity contribution in [3.63, 3.8) is 0 Å². The van der Waals surface area contributed by atoms with Crippen molar-refractivity contribution in [2.75, 3.05) is 26.8 Å². The van der Waals surface area contributed by atoms with Crippen LogP contribution in [0.5, 0.6) is 0 Å². The maximum atomic E-state index is 13.4. The van der Waals surface area contributed by atoms with Crippen molar-refractivity contribution in [2.45, 2.75) is 52.1 Å². The maximum Gasteiger partial charge on any atom is 0.242 e. The molecule has 2 amide bonds. The quantitative estimate of drug-likeness (QED) is 0.428. The summed E-state index contributed by atoms with van der Waals surface area (Å²) in [6.07, 6.45) is 6.15. The van der Waals surface area contributed by atoms with E-state index in [1.165, 1.54) is 0 Å². The SMILES string of the molecule is CCCCCC(=O)N(CCCOC)CC(=O)N(Cc1ccccc1)Cc1cccn1C. The molecule has 170 valence electrons. The van der Waals surface area contributed by atoms with Crippen LogP contribution in [0.3, 0.4) is 0 Å². The third-order valence-electron chi connectivity index (χ3n) is 5.42. The van der Waals surface area contributed by atoms with Gasteiger partial charge in [0.25, 0.3) is 0 Å². The van der Waals surface area contributed by atoms with Gasteiger partial charge in [-0.15, -0.1) is 0 Å². The van der Waals surface area contributed by atoms with Gasteiger partial charge in [-0.25, -0.2) is 0 Å². The van der Waals surface area contributed by atoms with Gasteiger partial charge in [-0.05, 0) is 30.5 Å². The molecule has 0 N–H and O–H groups in total. The molecule has 31 heavy (non-hydrogen) atoms.